The third-order valence-corrected chi connectivity index (χ3v) is 7.73. The second-order valence-corrected chi connectivity index (χ2v) is 10.6. The van der Waals surface area contributed by atoms with Crippen LogP contribution in [0, 0.1) is 5.82 Å². The van der Waals surface area contributed by atoms with Crippen LogP contribution >= 0.6 is 34.5 Å². The van der Waals surface area contributed by atoms with E-state index in [1.54, 1.807) is 19.3 Å². The van der Waals surface area contributed by atoms with Crippen molar-refractivity contribution in [3.05, 3.63) is 105 Å². The van der Waals surface area contributed by atoms with Gasteiger partial charge >= 0.3 is 0 Å². The molecule has 0 fully saturated rings. The van der Waals surface area contributed by atoms with Crippen molar-refractivity contribution in [2.24, 2.45) is 5.73 Å². The maximum absolute atomic E-state index is 13.4. The minimum Gasteiger partial charge on any atom is -0.343 e. The van der Waals surface area contributed by atoms with E-state index >= 15 is 0 Å². The molecule has 0 aliphatic rings. The number of likely N-dealkylation sites (N-methyl/N-ethyl adjacent to an activating group) is 1. The molecule has 0 saturated carbocycles. The van der Waals surface area contributed by atoms with Crippen molar-refractivity contribution in [2.45, 2.75) is 24.5 Å². The Morgan fingerprint density at radius 3 is 2.41 bits per heavy atom. The summed E-state index contributed by atoms with van der Waals surface area (Å²) < 4.78 is 13.4. The Bertz CT molecular complexity index is 1450. The lowest BCUT2D eigenvalue weighted by Crippen LogP contribution is -2.49. The van der Waals surface area contributed by atoms with Gasteiger partial charge in [0, 0.05) is 17.4 Å². The molecule has 11 heteroatoms. The molecule has 3 unspecified atom stereocenters. The van der Waals surface area contributed by atoms with Crippen LogP contribution < -0.4 is 21.7 Å². The monoisotopic (exact) mass is 585 g/mol. The minimum atomic E-state index is -1.01. The first-order valence-corrected chi connectivity index (χ1v) is 13.6. The largest absolute Gasteiger partial charge is 0.343 e. The number of nitrogens with zero attached hydrogens (tertiary/aromatic N) is 1. The maximum atomic E-state index is 13.4. The number of halogens is 3. The highest BCUT2D eigenvalue weighted by Crippen LogP contribution is 2.35. The highest BCUT2D eigenvalue weighted by molar-refractivity contribution is 7.15. The Kier molecular flexibility index (Phi) is 9.66. The summed E-state index contributed by atoms with van der Waals surface area (Å²) in [5.74, 6) is -1.46. The van der Waals surface area contributed by atoms with Gasteiger partial charge in [-0.1, -0.05) is 71.7 Å². The molecule has 0 saturated heterocycles. The quantitative estimate of drug-likeness (QED) is 0.199. The average Bonchev–Trinajstić information content (AvgIpc) is 3.42. The number of nitrogens with one attached hydrogen (secondary N) is 3. The SMILES string of the molecule is CNC(CC(N)C(=O)NC(c1ccccc1)c1cnc(-c2ccccc2Cl)s1)C(=O)Nc1ccc(F)c(Cl)c1. The Morgan fingerprint density at radius 1 is 1.00 bits per heavy atom. The van der Waals surface area contributed by atoms with Crippen LogP contribution in [0.4, 0.5) is 10.1 Å². The van der Waals surface area contributed by atoms with E-state index in [-0.39, 0.29) is 11.4 Å². The molecule has 1 heterocycles. The van der Waals surface area contributed by atoms with Gasteiger partial charge in [-0.25, -0.2) is 9.37 Å². The van der Waals surface area contributed by atoms with Gasteiger partial charge in [0.2, 0.25) is 11.8 Å². The first-order valence-electron chi connectivity index (χ1n) is 12.0. The number of carbonyl (C=O) groups is 2. The Morgan fingerprint density at radius 2 is 1.72 bits per heavy atom. The number of thiazole rings is 1. The number of benzene rings is 3. The molecule has 4 aromatic rings. The van der Waals surface area contributed by atoms with Crippen LogP contribution in [0.25, 0.3) is 10.6 Å². The summed E-state index contributed by atoms with van der Waals surface area (Å²) >= 11 is 13.6. The Hall–Kier alpha value is -3.34. The summed E-state index contributed by atoms with van der Waals surface area (Å²) in [6.07, 6.45) is 1.72. The van der Waals surface area contributed by atoms with Crippen LogP contribution in [0.5, 0.6) is 0 Å². The fourth-order valence-electron chi connectivity index (χ4n) is 3.91. The first kappa shape index (κ1) is 28.7. The number of aromatic nitrogens is 1. The van der Waals surface area contributed by atoms with Crippen molar-refractivity contribution in [1.82, 2.24) is 15.6 Å². The average molecular weight is 587 g/mol. The van der Waals surface area contributed by atoms with E-state index in [1.807, 2.05) is 48.5 Å². The molecule has 3 aromatic carbocycles. The van der Waals surface area contributed by atoms with Crippen molar-refractivity contribution in [1.29, 1.82) is 0 Å². The van der Waals surface area contributed by atoms with Gasteiger partial charge in [-0.15, -0.1) is 11.3 Å². The Balaban J connectivity index is 1.48. The molecule has 0 bridgehead atoms. The molecule has 39 heavy (non-hydrogen) atoms. The molecule has 3 atom stereocenters. The van der Waals surface area contributed by atoms with E-state index in [9.17, 15) is 14.0 Å². The predicted molar refractivity (Wildman–Crippen MR) is 154 cm³/mol. The smallest absolute Gasteiger partial charge is 0.241 e. The van der Waals surface area contributed by atoms with E-state index in [0.29, 0.717) is 10.7 Å². The normalized spacial score (nSPS) is 13.4. The van der Waals surface area contributed by atoms with Gasteiger partial charge in [-0.2, -0.15) is 0 Å². The van der Waals surface area contributed by atoms with Crippen LogP contribution in [0.15, 0.2) is 79.0 Å². The third-order valence-electron chi connectivity index (χ3n) is 6.01. The fraction of sp³-hybridized carbons (Fsp3) is 0.179. The third kappa shape index (κ3) is 7.20. The summed E-state index contributed by atoms with van der Waals surface area (Å²) in [4.78, 5) is 31.4. The predicted octanol–water partition coefficient (Wildman–Crippen LogP) is 5.41. The molecule has 0 radical (unpaired) electrons. The highest BCUT2D eigenvalue weighted by Gasteiger charge is 2.27. The van der Waals surface area contributed by atoms with Crippen LogP contribution in [-0.2, 0) is 9.59 Å². The second-order valence-electron chi connectivity index (χ2n) is 8.70. The van der Waals surface area contributed by atoms with Gasteiger partial charge in [0.15, 0.2) is 0 Å². The van der Waals surface area contributed by atoms with Gasteiger partial charge in [-0.3, -0.25) is 9.59 Å². The van der Waals surface area contributed by atoms with Crippen LogP contribution in [-0.4, -0.2) is 35.9 Å². The fourth-order valence-corrected chi connectivity index (χ4v) is 5.41. The van der Waals surface area contributed by atoms with Crippen molar-refractivity contribution < 1.29 is 14.0 Å². The van der Waals surface area contributed by atoms with E-state index < -0.39 is 35.8 Å². The highest BCUT2D eigenvalue weighted by atomic mass is 35.5. The number of hydrogen-bond acceptors (Lipinski definition) is 6. The minimum absolute atomic E-state index is 0.0121. The first-order chi connectivity index (χ1) is 18.8. The molecule has 0 aliphatic carbocycles. The van der Waals surface area contributed by atoms with E-state index in [0.717, 1.165) is 27.1 Å². The zero-order chi connectivity index (χ0) is 27.9. The van der Waals surface area contributed by atoms with Gasteiger partial charge in [-0.05, 0) is 43.3 Å². The van der Waals surface area contributed by atoms with Gasteiger partial charge in [0.25, 0.3) is 0 Å². The van der Waals surface area contributed by atoms with Gasteiger partial charge < -0.3 is 21.7 Å². The molecule has 4 rings (SSSR count). The van der Waals surface area contributed by atoms with Gasteiger partial charge in [0.05, 0.1) is 33.0 Å². The Labute approximate surface area is 239 Å². The molecule has 0 spiro atoms. The van der Waals surface area contributed by atoms with E-state index in [4.69, 9.17) is 28.9 Å². The molecule has 5 N–H and O–H groups in total. The molecule has 1 aromatic heterocycles. The maximum Gasteiger partial charge on any atom is 0.241 e. The number of amides is 2. The molecule has 0 aliphatic heterocycles. The van der Waals surface area contributed by atoms with Crippen molar-refractivity contribution >= 4 is 52.0 Å². The topological polar surface area (TPSA) is 109 Å². The molecular weight excluding hydrogens is 560 g/mol. The number of hydrogen-bond donors (Lipinski definition) is 4. The zero-order valence-corrected chi connectivity index (χ0v) is 23.2. The van der Waals surface area contributed by atoms with Crippen molar-refractivity contribution in [3.63, 3.8) is 0 Å². The van der Waals surface area contributed by atoms with Crippen LogP contribution in [0.2, 0.25) is 10.0 Å². The molecule has 202 valence electrons. The summed E-state index contributed by atoms with van der Waals surface area (Å²) in [5.41, 5.74) is 8.24. The molecule has 7 nitrogen and oxygen atoms in total. The van der Waals surface area contributed by atoms with E-state index in [1.165, 1.54) is 23.5 Å². The lowest BCUT2D eigenvalue weighted by Gasteiger charge is -2.23. The van der Waals surface area contributed by atoms with Crippen molar-refractivity contribution in [2.75, 3.05) is 12.4 Å². The van der Waals surface area contributed by atoms with Gasteiger partial charge in [0.1, 0.15) is 10.8 Å². The van der Waals surface area contributed by atoms with Crippen LogP contribution in [0.3, 0.4) is 0 Å². The molecule has 2 amide bonds. The van der Waals surface area contributed by atoms with Crippen molar-refractivity contribution in [3.8, 4) is 10.6 Å². The standard InChI is InChI=1S/C28H26Cl2FN5O2S/c1-33-23(27(38)35-17-11-12-21(31)20(30)13-17)14-22(32)26(37)36-25(16-7-3-2-4-8-16)24-15-34-28(39-24)18-9-5-6-10-19(18)29/h2-13,15,22-23,25,33H,14,32H2,1H3,(H,35,38)(H,36,37). The lowest BCUT2D eigenvalue weighted by atomic mass is 10.0. The second kappa shape index (κ2) is 13.1. The summed E-state index contributed by atoms with van der Waals surface area (Å²) in [6, 6.07) is 18.4. The van der Waals surface area contributed by atoms with E-state index in [2.05, 4.69) is 20.9 Å². The molecular formula is C28H26Cl2FN5O2S. The summed E-state index contributed by atoms with van der Waals surface area (Å²) in [7, 11) is 1.59. The summed E-state index contributed by atoms with van der Waals surface area (Å²) in [6.45, 7) is 0. The number of nitrogens with two attached hydrogens (primary N) is 1. The zero-order valence-electron chi connectivity index (χ0n) is 20.8. The lowest BCUT2D eigenvalue weighted by molar-refractivity contribution is -0.123. The summed E-state index contributed by atoms with van der Waals surface area (Å²) in [5, 5.41) is 9.75. The number of carbonyl (C=O) groups excluding carboxylic acids is 2. The van der Waals surface area contributed by atoms with Crippen LogP contribution in [0.1, 0.15) is 22.9 Å². The number of anilines is 1. The number of rotatable bonds is 10.